The lowest BCUT2D eigenvalue weighted by molar-refractivity contribution is -0.145. The molecule has 0 saturated carbocycles. The topological polar surface area (TPSA) is 68.1 Å². The van der Waals surface area contributed by atoms with E-state index < -0.39 is 5.97 Å². The van der Waals surface area contributed by atoms with Crippen LogP contribution in [0.1, 0.15) is 5.56 Å². The molecule has 0 amide bonds. The van der Waals surface area contributed by atoms with Crippen molar-refractivity contribution in [1.82, 2.24) is 0 Å². The Labute approximate surface area is 86.9 Å². The number of carbonyl (C=O) groups is 1. The summed E-state index contributed by atoms with van der Waals surface area (Å²) in [7, 11) is 1.26. The maximum Gasteiger partial charge on any atom is 0.346 e. The van der Waals surface area contributed by atoms with Crippen LogP contribution in [0.3, 0.4) is 0 Å². The van der Waals surface area contributed by atoms with Crippen LogP contribution < -0.4 is 0 Å². The van der Waals surface area contributed by atoms with E-state index in [1.54, 1.807) is 18.2 Å². The second-order valence-corrected chi connectivity index (χ2v) is 2.64. The normalized spacial score (nSPS) is 10.2. The van der Waals surface area contributed by atoms with E-state index in [0.717, 1.165) is 0 Å². The lowest BCUT2D eigenvalue weighted by atomic mass is 10.2. The molecule has 0 aromatic heterocycles. The van der Waals surface area contributed by atoms with Gasteiger partial charge in [0, 0.05) is 5.56 Å². The summed E-state index contributed by atoms with van der Waals surface area (Å²) in [5, 5.41) is 12.8. The first-order chi connectivity index (χ1) is 7.24. The predicted octanol–water partition coefficient (Wildman–Crippen LogP) is 0.916. The molecule has 0 spiro atoms. The average Bonchev–Trinajstić information content (AvgIpc) is 2.26. The molecular formula is C10H11NO4. The fraction of sp³-hybridized carbons (Fsp3) is 0.200. The second-order valence-electron chi connectivity index (χ2n) is 2.64. The molecule has 0 fully saturated rings. The molecular weight excluding hydrogens is 198 g/mol. The molecule has 1 rings (SSSR count). The van der Waals surface area contributed by atoms with Gasteiger partial charge < -0.3 is 14.7 Å². The van der Waals surface area contributed by atoms with Crippen LogP contribution in [-0.4, -0.2) is 31.0 Å². The van der Waals surface area contributed by atoms with Gasteiger partial charge in [-0.15, -0.1) is 0 Å². The molecule has 1 N–H and O–H groups in total. The van der Waals surface area contributed by atoms with Crippen molar-refractivity contribution in [3.05, 3.63) is 29.8 Å². The van der Waals surface area contributed by atoms with Crippen LogP contribution in [0.25, 0.3) is 0 Å². The summed E-state index contributed by atoms with van der Waals surface area (Å²) in [5.41, 5.74) is 0.516. The zero-order valence-corrected chi connectivity index (χ0v) is 8.21. The SMILES string of the molecule is COC(=O)CO/N=C/c1ccccc1O. The Morgan fingerprint density at radius 2 is 2.27 bits per heavy atom. The number of nitrogens with zero attached hydrogens (tertiary/aromatic N) is 1. The highest BCUT2D eigenvalue weighted by atomic mass is 16.6. The van der Waals surface area contributed by atoms with Gasteiger partial charge in [-0.3, -0.25) is 0 Å². The molecule has 5 heteroatoms. The molecule has 5 nitrogen and oxygen atoms in total. The van der Waals surface area contributed by atoms with Gasteiger partial charge in [-0.25, -0.2) is 4.79 Å². The van der Waals surface area contributed by atoms with Gasteiger partial charge in [0.1, 0.15) is 5.75 Å². The predicted molar refractivity (Wildman–Crippen MR) is 53.7 cm³/mol. The lowest BCUT2D eigenvalue weighted by Crippen LogP contribution is -2.07. The molecule has 0 radical (unpaired) electrons. The van der Waals surface area contributed by atoms with Crippen LogP contribution in [0.4, 0.5) is 0 Å². The molecule has 0 saturated heterocycles. The van der Waals surface area contributed by atoms with Crippen LogP contribution in [-0.2, 0) is 14.4 Å². The number of carbonyl (C=O) groups excluding carboxylic acids is 1. The summed E-state index contributed by atoms with van der Waals surface area (Å²) in [4.78, 5) is 15.2. The van der Waals surface area contributed by atoms with Crippen LogP contribution in [0, 0.1) is 0 Å². The number of para-hydroxylation sites is 1. The summed E-state index contributed by atoms with van der Waals surface area (Å²) in [5.74, 6) is -0.410. The number of ether oxygens (including phenoxy) is 1. The summed E-state index contributed by atoms with van der Waals surface area (Å²) < 4.78 is 4.34. The summed E-state index contributed by atoms with van der Waals surface area (Å²) in [6.45, 7) is -0.249. The molecule has 0 heterocycles. The number of aromatic hydroxyl groups is 1. The minimum absolute atomic E-state index is 0.0999. The number of hydrogen-bond donors (Lipinski definition) is 1. The Morgan fingerprint density at radius 1 is 1.53 bits per heavy atom. The van der Waals surface area contributed by atoms with Crippen molar-refractivity contribution in [2.75, 3.05) is 13.7 Å². The van der Waals surface area contributed by atoms with Crippen molar-refractivity contribution < 1.29 is 19.5 Å². The van der Waals surface area contributed by atoms with Crippen molar-refractivity contribution >= 4 is 12.2 Å². The van der Waals surface area contributed by atoms with Crippen LogP contribution in [0.2, 0.25) is 0 Å². The number of esters is 1. The maximum atomic E-state index is 10.6. The minimum Gasteiger partial charge on any atom is -0.507 e. The molecule has 1 aromatic rings. The Hall–Kier alpha value is -2.04. The van der Waals surface area contributed by atoms with Gasteiger partial charge in [0.05, 0.1) is 13.3 Å². The fourth-order valence-corrected chi connectivity index (χ4v) is 0.840. The first-order valence-electron chi connectivity index (χ1n) is 4.24. The first kappa shape index (κ1) is 11.0. The smallest absolute Gasteiger partial charge is 0.346 e. The van der Waals surface area contributed by atoms with Crippen LogP contribution in [0.5, 0.6) is 5.75 Å². The van der Waals surface area contributed by atoms with Gasteiger partial charge in [0.2, 0.25) is 6.61 Å². The van der Waals surface area contributed by atoms with E-state index >= 15 is 0 Å². The molecule has 0 aliphatic carbocycles. The average molecular weight is 209 g/mol. The van der Waals surface area contributed by atoms with Crippen molar-refractivity contribution in [2.24, 2.45) is 5.16 Å². The van der Waals surface area contributed by atoms with E-state index in [1.165, 1.54) is 19.4 Å². The molecule has 0 atom stereocenters. The first-order valence-corrected chi connectivity index (χ1v) is 4.24. The third-order valence-corrected chi connectivity index (χ3v) is 1.61. The van der Waals surface area contributed by atoms with E-state index in [-0.39, 0.29) is 12.4 Å². The standard InChI is InChI=1S/C10H11NO4/c1-14-10(13)7-15-11-6-8-4-2-3-5-9(8)12/h2-6,12H,7H2,1H3/b11-6+. The van der Waals surface area contributed by atoms with Gasteiger partial charge in [-0.2, -0.15) is 0 Å². The third-order valence-electron chi connectivity index (χ3n) is 1.61. The maximum absolute atomic E-state index is 10.6. The molecule has 0 aliphatic heterocycles. The zero-order chi connectivity index (χ0) is 11.1. The van der Waals surface area contributed by atoms with Crippen LogP contribution >= 0.6 is 0 Å². The summed E-state index contributed by atoms with van der Waals surface area (Å²) in [6, 6.07) is 6.64. The van der Waals surface area contributed by atoms with Crippen molar-refractivity contribution in [3.63, 3.8) is 0 Å². The largest absolute Gasteiger partial charge is 0.507 e. The molecule has 0 aliphatic rings. The molecule has 80 valence electrons. The molecule has 0 unspecified atom stereocenters. The van der Waals surface area contributed by atoms with Gasteiger partial charge in [-0.05, 0) is 12.1 Å². The number of hydrogen-bond acceptors (Lipinski definition) is 5. The number of methoxy groups -OCH3 is 1. The van der Waals surface area contributed by atoms with Gasteiger partial charge in [0.15, 0.2) is 0 Å². The Bertz CT molecular complexity index is 362. The molecule has 1 aromatic carbocycles. The monoisotopic (exact) mass is 209 g/mol. The van der Waals surface area contributed by atoms with Gasteiger partial charge >= 0.3 is 5.97 Å². The van der Waals surface area contributed by atoms with E-state index in [1.807, 2.05) is 0 Å². The van der Waals surface area contributed by atoms with Gasteiger partial charge in [-0.1, -0.05) is 17.3 Å². The number of benzene rings is 1. The Balaban J connectivity index is 2.45. The van der Waals surface area contributed by atoms with Crippen LogP contribution in [0.15, 0.2) is 29.4 Å². The molecule has 0 bridgehead atoms. The van der Waals surface area contributed by atoms with E-state index in [9.17, 15) is 9.90 Å². The Morgan fingerprint density at radius 3 is 2.93 bits per heavy atom. The number of phenols is 1. The summed E-state index contributed by atoms with van der Waals surface area (Å²) >= 11 is 0. The highest BCUT2D eigenvalue weighted by molar-refractivity contribution is 5.82. The van der Waals surface area contributed by atoms with Crippen molar-refractivity contribution in [1.29, 1.82) is 0 Å². The highest BCUT2D eigenvalue weighted by Gasteiger charge is 1.98. The number of oxime groups is 1. The van der Waals surface area contributed by atoms with Crippen molar-refractivity contribution in [2.45, 2.75) is 0 Å². The Kier molecular flexibility index (Phi) is 4.15. The zero-order valence-electron chi connectivity index (χ0n) is 8.21. The fourth-order valence-electron chi connectivity index (χ4n) is 0.840. The number of phenolic OH excluding ortho intramolecular Hbond substituents is 1. The van der Waals surface area contributed by atoms with E-state index in [4.69, 9.17) is 0 Å². The molecule has 15 heavy (non-hydrogen) atoms. The van der Waals surface area contributed by atoms with E-state index in [2.05, 4.69) is 14.7 Å². The van der Waals surface area contributed by atoms with E-state index in [0.29, 0.717) is 5.56 Å². The quantitative estimate of drug-likeness (QED) is 0.454. The van der Waals surface area contributed by atoms with Crippen molar-refractivity contribution in [3.8, 4) is 5.75 Å². The number of rotatable bonds is 4. The lowest BCUT2D eigenvalue weighted by Gasteiger charge is -1.98. The second kappa shape index (κ2) is 5.64. The third kappa shape index (κ3) is 3.68. The van der Waals surface area contributed by atoms with Gasteiger partial charge in [0.25, 0.3) is 0 Å². The summed E-state index contributed by atoms with van der Waals surface area (Å²) in [6.07, 6.45) is 1.32. The highest BCUT2D eigenvalue weighted by Crippen LogP contribution is 2.12. The minimum atomic E-state index is -0.510.